The van der Waals surface area contributed by atoms with E-state index in [0.29, 0.717) is 11.1 Å². The molecule has 0 saturated carbocycles. The standard InChI is InChI=1S/C17H14FNO2/c1-12-7-8-16(15(18)10-12)19-17(21)14-6-2-4-13(11-14)5-3-9-20/h2,4,6-8,10-11,20H,9H2,1H3,(H,19,21). The Morgan fingerprint density at radius 1 is 1.29 bits per heavy atom. The van der Waals surface area contributed by atoms with Crippen LogP contribution in [0.25, 0.3) is 0 Å². The van der Waals surface area contributed by atoms with Crippen LogP contribution in [-0.4, -0.2) is 17.6 Å². The highest BCUT2D eigenvalue weighted by Gasteiger charge is 2.09. The van der Waals surface area contributed by atoms with Gasteiger partial charge in [-0.2, -0.15) is 0 Å². The van der Waals surface area contributed by atoms with Gasteiger partial charge in [0.1, 0.15) is 12.4 Å². The molecule has 4 heteroatoms. The Kier molecular flexibility index (Phi) is 4.70. The molecule has 2 rings (SSSR count). The summed E-state index contributed by atoms with van der Waals surface area (Å²) >= 11 is 0. The normalized spacial score (nSPS) is 9.67. The highest BCUT2D eigenvalue weighted by Crippen LogP contribution is 2.16. The predicted molar refractivity (Wildman–Crippen MR) is 79.5 cm³/mol. The number of benzene rings is 2. The third-order valence-electron chi connectivity index (χ3n) is 2.81. The number of carbonyl (C=O) groups excluding carboxylic acids is 1. The summed E-state index contributed by atoms with van der Waals surface area (Å²) in [5.74, 6) is 4.34. The predicted octanol–water partition coefficient (Wildman–Crippen LogP) is 2.73. The maximum absolute atomic E-state index is 13.7. The van der Waals surface area contributed by atoms with Crippen molar-refractivity contribution in [3.8, 4) is 11.8 Å². The minimum Gasteiger partial charge on any atom is -0.384 e. The first kappa shape index (κ1) is 14.8. The average molecular weight is 283 g/mol. The van der Waals surface area contributed by atoms with Crippen molar-refractivity contribution in [1.82, 2.24) is 0 Å². The van der Waals surface area contributed by atoms with Crippen molar-refractivity contribution >= 4 is 11.6 Å². The largest absolute Gasteiger partial charge is 0.384 e. The number of aryl methyl sites for hydroxylation is 1. The van der Waals surface area contributed by atoms with Crippen LogP contribution in [-0.2, 0) is 0 Å². The van der Waals surface area contributed by atoms with Crippen molar-refractivity contribution < 1.29 is 14.3 Å². The van der Waals surface area contributed by atoms with E-state index < -0.39 is 11.7 Å². The van der Waals surface area contributed by atoms with Crippen molar-refractivity contribution in [2.45, 2.75) is 6.92 Å². The molecule has 0 fully saturated rings. The first-order valence-corrected chi connectivity index (χ1v) is 6.37. The van der Waals surface area contributed by atoms with E-state index >= 15 is 0 Å². The van der Waals surface area contributed by atoms with E-state index in [1.807, 2.05) is 0 Å². The number of hydrogen-bond donors (Lipinski definition) is 2. The first-order valence-electron chi connectivity index (χ1n) is 6.37. The zero-order valence-corrected chi connectivity index (χ0v) is 11.5. The number of amides is 1. The summed E-state index contributed by atoms with van der Waals surface area (Å²) in [4.78, 5) is 12.1. The highest BCUT2D eigenvalue weighted by atomic mass is 19.1. The van der Waals surface area contributed by atoms with Gasteiger partial charge in [-0.3, -0.25) is 4.79 Å². The van der Waals surface area contributed by atoms with Gasteiger partial charge in [0.2, 0.25) is 0 Å². The molecular weight excluding hydrogens is 269 g/mol. The summed E-state index contributed by atoms with van der Waals surface area (Å²) in [5, 5.41) is 11.2. The van der Waals surface area contributed by atoms with Crippen molar-refractivity contribution in [3.05, 3.63) is 65.0 Å². The van der Waals surface area contributed by atoms with E-state index in [2.05, 4.69) is 17.2 Å². The summed E-state index contributed by atoms with van der Waals surface area (Å²) in [6.45, 7) is 1.53. The van der Waals surface area contributed by atoms with E-state index in [-0.39, 0.29) is 12.3 Å². The summed E-state index contributed by atoms with van der Waals surface area (Å²) in [7, 11) is 0. The van der Waals surface area contributed by atoms with E-state index in [9.17, 15) is 9.18 Å². The maximum atomic E-state index is 13.7. The minimum absolute atomic E-state index is 0.137. The molecule has 106 valence electrons. The Morgan fingerprint density at radius 3 is 2.81 bits per heavy atom. The van der Waals surface area contributed by atoms with Crippen LogP contribution in [0.1, 0.15) is 21.5 Å². The fourth-order valence-corrected chi connectivity index (χ4v) is 1.80. The second-order valence-electron chi connectivity index (χ2n) is 4.48. The Hall–Kier alpha value is -2.64. The molecule has 3 nitrogen and oxygen atoms in total. The van der Waals surface area contributed by atoms with Gasteiger partial charge < -0.3 is 10.4 Å². The van der Waals surface area contributed by atoms with Gasteiger partial charge in [0.25, 0.3) is 5.91 Å². The molecule has 0 unspecified atom stereocenters. The topological polar surface area (TPSA) is 49.3 Å². The third-order valence-corrected chi connectivity index (χ3v) is 2.81. The Labute approximate surface area is 122 Å². The molecule has 2 aromatic rings. The Morgan fingerprint density at radius 2 is 2.10 bits per heavy atom. The summed E-state index contributed by atoms with van der Waals surface area (Å²) in [6.07, 6.45) is 0. The summed E-state index contributed by atoms with van der Waals surface area (Å²) < 4.78 is 13.7. The molecular formula is C17H14FNO2. The van der Waals surface area contributed by atoms with Crippen molar-refractivity contribution in [2.24, 2.45) is 0 Å². The van der Waals surface area contributed by atoms with Gasteiger partial charge in [-0.25, -0.2) is 4.39 Å². The number of hydrogen-bond acceptors (Lipinski definition) is 2. The molecule has 0 aliphatic carbocycles. The molecule has 2 aromatic carbocycles. The van der Waals surface area contributed by atoms with Crippen molar-refractivity contribution in [1.29, 1.82) is 0 Å². The Balaban J connectivity index is 2.20. The molecule has 0 bridgehead atoms. The number of rotatable bonds is 2. The van der Waals surface area contributed by atoms with Gasteiger partial charge in [-0.15, -0.1) is 0 Å². The zero-order valence-electron chi connectivity index (χ0n) is 11.5. The van der Waals surface area contributed by atoms with Crippen LogP contribution in [0.5, 0.6) is 0 Å². The number of nitrogens with one attached hydrogen (secondary N) is 1. The average Bonchev–Trinajstić information content (AvgIpc) is 2.48. The highest BCUT2D eigenvalue weighted by molar-refractivity contribution is 6.04. The molecule has 1 amide bonds. The second-order valence-corrected chi connectivity index (χ2v) is 4.48. The number of carbonyl (C=O) groups is 1. The monoisotopic (exact) mass is 283 g/mol. The molecule has 0 atom stereocenters. The molecule has 2 N–H and O–H groups in total. The third kappa shape index (κ3) is 3.91. The van der Waals surface area contributed by atoms with Crippen LogP contribution in [0.15, 0.2) is 42.5 Å². The first-order chi connectivity index (χ1) is 10.1. The van der Waals surface area contributed by atoms with E-state index in [0.717, 1.165) is 5.56 Å². The van der Waals surface area contributed by atoms with Crippen LogP contribution in [0.3, 0.4) is 0 Å². The lowest BCUT2D eigenvalue weighted by atomic mass is 10.1. The number of aliphatic hydroxyl groups excluding tert-OH is 1. The van der Waals surface area contributed by atoms with E-state index in [1.54, 1.807) is 37.3 Å². The van der Waals surface area contributed by atoms with Crippen LogP contribution in [0.4, 0.5) is 10.1 Å². The van der Waals surface area contributed by atoms with Crippen molar-refractivity contribution in [2.75, 3.05) is 11.9 Å². The minimum atomic E-state index is -0.473. The second kappa shape index (κ2) is 6.69. The lowest BCUT2D eigenvalue weighted by molar-refractivity contribution is 0.102. The van der Waals surface area contributed by atoms with Gasteiger partial charge >= 0.3 is 0 Å². The number of halogens is 1. The van der Waals surface area contributed by atoms with Gasteiger partial charge in [0, 0.05) is 11.1 Å². The number of anilines is 1. The fraction of sp³-hybridized carbons (Fsp3) is 0.118. The smallest absolute Gasteiger partial charge is 0.255 e. The summed E-state index contributed by atoms with van der Waals surface area (Å²) in [6, 6.07) is 11.2. The quantitative estimate of drug-likeness (QED) is 0.833. The fourth-order valence-electron chi connectivity index (χ4n) is 1.80. The lowest BCUT2D eigenvalue weighted by Crippen LogP contribution is -2.13. The Bertz CT molecular complexity index is 729. The van der Waals surface area contributed by atoms with Gasteiger partial charge in [0.05, 0.1) is 5.69 Å². The molecule has 0 saturated heterocycles. The van der Waals surface area contributed by atoms with Gasteiger partial charge in [-0.05, 0) is 42.8 Å². The molecule has 0 aromatic heterocycles. The van der Waals surface area contributed by atoms with Crippen LogP contribution >= 0.6 is 0 Å². The SMILES string of the molecule is Cc1ccc(NC(=O)c2cccc(C#CCO)c2)c(F)c1. The molecule has 0 radical (unpaired) electrons. The molecule has 0 aliphatic rings. The van der Waals surface area contributed by atoms with E-state index in [1.165, 1.54) is 12.1 Å². The van der Waals surface area contributed by atoms with Gasteiger partial charge in [0.15, 0.2) is 0 Å². The zero-order chi connectivity index (χ0) is 15.2. The molecule has 0 spiro atoms. The summed E-state index contributed by atoms with van der Waals surface area (Å²) in [5.41, 5.74) is 1.91. The molecule has 0 aliphatic heterocycles. The van der Waals surface area contributed by atoms with Crippen LogP contribution in [0.2, 0.25) is 0 Å². The lowest BCUT2D eigenvalue weighted by Gasteiger charge is -2.07. The van der Waals surface area contributed by atoms with Crippen molar-refractivity contribution in [3.63, 3.8) is 0 Å². The number of aliphatic hydroxyl groups is 1. The van der Waals surface area contributed by atoms with Crippen LogP contribution < -0.4 is 5.32 Å². The molecule has 21 heavy (non-hydrogen) atoms. The van der Waals surface area contributed by atoms with Crippen LogP contribution in [0, 0.1) is 24.6 Å². The van der Waals surface area contributed by atoms with Gasteiger partial charge in [-0.1, -0.05) is 24.0 Å². The van der Waals surface area contributed by atoms with E-state index in [4.69, 9.17) is 5.11 Å². The molecule has 0 heterocycles. The maximum Gasteiger partial charge on any atom is 0.255 e.